The van der Waals surface area contributed by atoms with Crippen molar-refractivity contribution < 1.29 is 23.3 Å². The first-order valence-corrected chi connectivity index (χ1v) is 15.1. The van der Waals surface area contributed by atoms with Crippen LogP contribution in [0.25, 0.3) is 5.52 Å². The molecule has 0 bridgehead atoms. The third-order valence-corrected chi connectivity index (χ3v) is 7.66. The molecule has 0 aliphatic carbocycles. The van der Waals surface area contributed by atoms with E-state index in [9.17, 15) is 4.79 Å². The van der Waals surface area contributed by atoms with Gasteiger partial charge in [-0.15, -0.1) is 0 Å². The van der Waals surface area contributed by atoms with Gasteiger partial charge in [0.1, 0.15) is 29.7 Å². The summed E-state index contributed by atoms with van der Waals surface area (Å²) in [7, 11) is -1.70. The fraction of sp³-hybridized carbons (Fsp3) is 0.367. The van der Waals surface area contributed by atoms with Crippen LogP contribution in [-0.4, -0.2) is 45.9 Å². The minimum absolute atomic E-state index is 0.144. The maximum absolute atomic E-state index is 12.9. The highest BCUT2D eigenvalue weighted by Crippen LogP contribution is 2.39. The minimum Gasteiger partial charge on any atom is -0.465 e. The van der Waals surface area contributed by atoms with E-state index in [0.717, 1.165) is 29.6 Å². The summed E-state index contributed by atoms with van der Waals surface area (Å²) in [5, 5.41) is 7.62. The highest BCUT2D eigenvalue weighted by molar-refractivity contribution is 7.45. The topological polar surface area (TPSA) is 122 Å². The quantitative estimate of drug-likeness (QED) is 0.162. The van der Waals surface area contributed by atoms with Gasteiger partial charge in [0, 0.05) is 0 Å². The lowest BCUT2D eigenvalue weighted by molar-refractivity contribution is -0.145. The van der Waals surface area contributed by atoms with Crippen molar-refractivity contribution in [1.82, 2.24) is 19.7 Å². The SMILES string of the molecule is CC.CCOC(=O)C(Cc1ccccc1)NP(OCC1CCC(c2ccc3c(N)ncnn23)O1)Oc1ccccc1. The molecule has 0 radical (unpaired) electrons. The predicted molar refractivity (Wildman–Crippen MR) is 159 cm³/mol. The Labute approximate surface area is 242 Å². The molecule has 3 heterocycles. The van der Waals surface area contributed by atoms with E-state index in [0.29, 0.717) is 24.6 Å². The number of benzene rings is 2. The van der Waals surface area contributed by atoms with Crippen molar-refractivity contribution in [2.45, 2.75) is 58.3 Å². The van der Waals surface area contributed by atoms with Crippen LogP contribution in [0.2, 0.25) is 0 Å². The second-order valence-electron chi connectivity index (χ2n) is 9.11. The number of ether oxygens (including phenoxy) is 2. The van der Waals surface area contributed by atoms with Gasteiger partial charge in [0.2, 0.25) is 0 Å². The molecule has 10 nitrogen and oxygen atoms in total. The molecule has 1 saturated heterocycles. The lowest BCUT2D eigenvalue weighted by atomic mass is 10.1. The molecule has 4 unspecified atom stereocenters. The monoisotopic (exact) mass is 579 g/mol. The van der Waals surface area contributed by atoms with Gasteiger partial charge in [-0.25, -0.2) is 14.6 Å². The van der Waals surface area contributed by atoms with Gasteiger partial charge in [0.05, 0.1) is 25.0 Å². The van der Waals surface area contributed by atoms with E-state index in [-0.39, 0.29) is 24.8 Å². The first-order chi connectivity index (χ1) is 20.1. The van der Waals surface area contributed by atoms with Gasteiger partial charge >= 0.3 is 14.5 Å². The highest BCUT2D eigenvalue weighted by atomic mass is 31.2. The van der Waals surface area contributed by atoms with E-state index in [1.807, 2.05) is 86.6 Å². The molecule has 5 rings (SSSR count). The van der Waals surface area contributed by atoms with Crippen molar-refractivity contribution >= 4 is 25.8 Å². The number of anilines is 1. The van der Waals surface area contributed by atoms with Crippen LogP contribution < -0.4 is 15.3 Å². The molecular weight excluding hydrogens is 541 g/mol. The molecular formula is C30H38N5O5P. The number of nitrogen functional groups attached to an aromatic ring is 1. The van der Waals surface area contributed by atoms with E-state index in [4.69, 9.17) is 24.3 Å². The lowest BCUT2D eigenvalue weighted by Crippen LogP contribution is -2.38. The maximum Gasteiger partial charge on any atom is 0.323 e. The Hall–Kier alpha value is -3.56. The summed E-state index contributed by atoms with van der Waals surface area (Å²) in [6.45, 7) is 6.37. The molecule has 1 aliphatic rings. The molecule has 0 amide bonds. The molecule has 11 heteroatoms. The van der Waals surface area contributed by atoms with Gasteiger partial charge in [-0.1, -0.05) is 62.4 Å². The highest BCUT2D eigenvalue weighted by Gasteiger charge is 2.32. The Morgan fingerprint density at radius 3 is 2.56 bits per heavy atom. The molecule has 0 spiro atoms. The number of nitrogens with zero attached hydrogens (tertiary/aromatic N) is 3. The Bertz CT molecular complexity index is 1360. The van der Waals surface area contributed by atoms with Gasteiger partial charge < -0.3 is 24.3 Å². The third kappa shape index (κ3) is 8.24. The van der Waals surface area contributed by atoms with E-state index in [2.05, 4.69) is 15.2 Å². The predicted octanol–water partition coefficient (Wildman–Crippen LogP) is 5.64. The van der Waals surface area contributed by atoms with Crippen LogP contribution in [0.3, 0.4) is 0 Å². The molecule has 2 aromatic carbocycles. The average Bonchev–Trinajstić information content (AvgIpc) is 3.66. The van der Waals surface area contributed by atoms with E-state index >= 15 is 0 Å². The minimum atomic E-state index is -1.70. The fourth-order valence-electron chi connectivity index (χ4n) is 4.48. The molecule has 2 aromatic heterocycles. The molecule has 4 atom stereocenters. The second-order valence-corrected chi connectivity index (χ2v) is 10.3. The zero-order chi connectivity index (χ0) is 29.0. The zero-order valence-corrected chi connectivity index (χ0v) is 24.6. The Balaban J connectivity index is 0.00000189. The largest absolute Gasteiger partial charge is 0.465 e. The normalized spacial score (nSPS) is 17.8. The lowest BCUT2D eigenvalue weighted by Gasteiger charge is -2.25. The number of para-hydroxylation sites is 1. The number of hydrogen-bond donors (Lipinski definition) is 2. The van der Waals surface area contributed by atoms with Crippen molar-refractivity contribution in [1.29, 1.82) is 0 Å². The van der Waals surface area contributed by atoms with E-state index in [1.165, 1.54) is 6.33 Å². The van der Waals surface area contributed by atoms with Crippen molar-refractivity contribution in [3.05, 3.63) is 90.4 Å². The number of fused-ring (bicyclic) bond motifs is 1. The first kappa shape index (κ1) is 30.4. The summed E-state index contributed by atoms with van der Waals surface area (Å²) >= 11 is 0. The number of nitrogens with two attached hydrogens (primary N) is 1. The van der Waals surface area contributed by atoms with Crippen molar-refractivity contribution in [2.75, 3.05) is 18.9 Å². The van der Waals surface area contributed by atoms with Crippen LogP contribution >= 0.6 is 8.53 Å². The van der Waals surface area contributed by atoms with Gasteiger partial charge in [0.15, 0.2) is 5.82 Å². The van der Waals surface area contributed by atoms with Crippen molar-refractivity contribution in [3.63, 3.8) is 0 Å². The molecule has 3 N–H and O–H groups in total. The van der Waals surface area contributed by atoms with Gasteiger partial charge in [-0.2, -0.15) is 5.10 Å². The van der Waals surface area contributed by atoms with E-state index in [1.54, 1.807) is 11.4 Å². The Morgan fingerprint density at radius 1 is 1.10 bits per heavy atom. The summed E-state index contributed by atoms with van der Waals surface area (Å²) < 4.78 is 25.9. The number of nitrogens with one attached hydrogen (secondary N) is 1. The number of esters is 1. The Morgan fingerprint density at radius 2 is 1.83 bits per heavy atom. The second kappa shape index (κ2) is 15.4. The van der Waals surface area contributed by atoms with Crippen molar-refractivity contribution in [2.24, 2.45) is 0 Å². The number of rotatable bonds is 12. The zero-order valence-electron chi connectivity index (χ0n) is 23.7. The summed E-state index contributed by atoms with van der Waals surface area (Å²) in [4.78, 5) is 16.9. The molecule has 41 heavy (non-hydrogen) atoms. The van der Waals surface area contributed by atoms with Gasteiger partial charge in [-0.3, -0.25) is 4.79 Å². The Kier molecular flexibility index (Phi) is 11.5. The van der Waals surface area contributed by atoms with Crippen LogP contribution in [0.1, 0.15) is 51.0 Å². The molecule has 0 saturated carbocycles. The summed E-state index contributed by atoms with van der Waals surface area (Å²) in [6.07, 6.45) is 3.20. The summed E-state index contributed by atoms with van der Waals surface area (Å²) in [6, 6.07) is 22.4. The fourth-order valence-corrected chi connectivity index (χ4v) is 5.73. The van der Waals surface area contributed by atoms with Crippen LogP contribution in [0, 0.1) is 0 Å². The van der Waals surface area contributed by atoms with Crippen LogP contribution in [0.15, 0.2) is 79.1 Å². The molecule has 4 aromatic rings. The van der Waals surface area contributed by atoms with Crippen LogP contribution in [0.5, 0.6) is 5.75 Å². The molecule has 218 valence electrons. The maximum atomic E-state index is 12.9. The first-order valence-electron chi connectivity index (χ1n) is 14.0. The standard InChI is InChI=1S/C28H32N5O5P.C2H6/c1-2-35-28(34)23(17-20-9-5-3-6-10-20)32-39(38-21-11-7-4-8-12-21)36-18-22-13-16-26(37-22)24-14-15-25-27(29)30-19-31-33(24)25;1-2/h3-12,14-15,19,22-23,26,32H,2,13,16-18H2,1H3,(H2,29,30,31);1-2H3. The number of carbonyl (C=O) groups is 1. The molecule has 1 aliphatic heterocycles. The molecule has 1 fully saturated rings. The number of carbonyl (C=O) groups excluding carboxylic acids is 1. The van der Waals surface area contributed by atoms with Gasteiger partial charge in [0.25, 0.3) is 0 Å². The third-order valence-electron chi connectivity index (χ3n) is 6.37. The average molecular weight is 580 g/mol. The summed E-state index contributed by atoms with van der Waals surface area (Å²) in [5.74, 6) is 0.712. The van der Waals surface area contributed by atoms with Crippen molar-refractivity contribution in [3.8, 4) is 5.75 Å². The van der Waals surface area contributed by atoms with Gasteiger partial charge in [-0.05, 0) is 56.0 Å². The van der Waals surface area contributed by atoms with Crippen LogP contribution in [-0.2, 0) is 25.2 Å². The smallest absolute Gasteiger partial charge is 0.323 e. The number of aromatic nitrogens is 3. The number of hydrogen-bond acceptors (Lipinski definition) is 9. The van der Waals surface area contributed by atoms with Crippen LogP contribution in [0.4, 0.5) is 5.82 Å². The van der Waals surface area contributed by atoms with E-state index < -0.39 is 14.6 Å². The summed E-state index contributed by atoms with van der Waals surface area (Å²) in [5.41, 5.74) is 8.66.